The molecule has 3 aromatic rings. The zero-order valence-electron chi connectivity index (χ0n) is 28.6. The van der Waals surface area contributed by atoms with Crippen molar-refractivity contribution in [3.8, 4) is 5.75 Å². The van der Waals surface area contributed by atoms with Gasteiger partial charge in [-0.2, -0.15) is 0 Å². The first-order valence-electron chi connectivity index (χ1n) is 16.8. The van der Waals surface area contributed by atoms with Crippen LogP contribution in [0.15, 0.2) is 41.3 Å². The summed E-state index contributed by atoms with van der Waals surface area (Å²) in [5, 5.41) is 13.3. The van der Waals surface area contributed by atoms with E-state index in [9.17, 15) is 28.3 Å². The Bertz CT molecular complexity index is 1920. The summed E-state index contributed by atoms with van der Waals surface area (Å²) >= 11 is 20.0. The Labute approximate surface area is 318 Å². The van der Waals surface area contributed by atoms with Crippen LogP contribution in [-0.4, -0.2) is 86.3 Å². The van der Waals surface area contributed by atoms with Crippen molar-refractivity contribution < 1.29 is 37.7 Å². The molecule has 6 rings (SSSR count). The van der Waals surface area contributed by atoms with E-state index in [0.29, 0.717) is 44.7 Å². The number of rotatable bonds is 10. The Balaban J connectivity index is 1.33. The van der Waals surface area contributed by atoms with Crippen molar-refractivity contribution >= 4 is 69.8 Å². The van der Waals surface area contributed by atoms with E-state index in [-0.39, 0.29) is 55.2 Å². The average Bonchev–Trinajstić information content (AvgIpc) is 3.81. The number of amides is 3. The molecule has 52 heavy (non-hydrogen) atoms. The van der Waals surface area contributed by atoms with Crippen LogP contribution in [0.25, 0.3) is 5.57 Å². The lowest BCUT2D eigenvalue weighted by Gasteiger charge is -2.49. The number of piperazine rings is 1. The third kappa shape index (κ3) is 8.27. The molecule has 1 N–H and O–H groups in total. The van der Waals surface area contributed by atoms with Crippen molar-refractivity contribution in [2.45, 2.75) is 83.1 Å². The molecule has 0 spiro atoms. The zero-order valence-corrected chi connectivity index (χ0v) is 31.7. The number of carbonyl (C=O) groups is 3. The van der Waals surface area contributed by atoms with Crippen LogP contribution in [-0.2, 0) is 22.5 Å². The number of ether oxygens (including phenoxy) is 2. The summed E-state index contributed by atoms with van der Waals surface area (Å²) in [6, 6.07) is 5.59. The van der Waals surface area contributed by atoms with Crippen molar-refractivity contribution in [2.75, 3.05) is 19.7 Å². The van der Waals surface area contributed by atoms with Crippen LogP contribution in [0, 0.1) is 11.6 Å². The topological polar surface area (TPSA) is 113 Å². The molecular formula is C36H37Cl3F2N4O6S. The Morgan fingerprint density at radius 3 is 2.52 bits per heavy atom. The maximum Gasteiger partial charge on any atom is 0.410 e. The van der Waals surface area contributed by atoms with E-state index in [1.165, 1.54) is 21.1 Å². The van der Waals surface area contributed by atoms with Gasteiger partial charge in [-0.25, -0.2) is 23.4 Å². The van der Waals surface area contributed by atoms with Gasteiger partial charge in [0.2, 0.25) is 0 Å². The molecule has 0 radical (unpaired) electrons. The fourth-order valence-electron chi connectivity index (χ4n) is 6.54. The molecule has 1 saturated carbocycles. The highest BCUT2D eigenvalue weighted by molar-refractivity contribution is 7.10. The van der Waals surface area contributed by atoms with Gasteiger partial charge in [-0.05, 0) is 76.6 Å². The minimum atomic E-state index is -1.20. The summed E-state index contributed by atoms with van der Waals surface area (Å²) in [5.41, 5.74) is 1.39. The molecule has 2 fully saturated rings. The molecule has 2 atom stereocenters. The fraction of sp³-hybridized carbons (Fsp3) is 0.444. The number of halogens is 5. The minimum absolute atomic E-state index is 0.00585. The molecule has 10 nitrogen and oxygen atoms in total. The van der Waals surface area contributed by atoms with Gasteiger partial charge in [-0.3, -0.25) is 9.69 Å². The maximum atomic E-state index is 14.9. The van der Waals surface area contributed by atoms with Gasteiger partial charge < -0.3 is 24.4 Å². The quantitative estimate of drug-likeness (QED) is 0.161. The standard InChI is InChI=1S/C36H37Cl3F2N4O6S/c1-36(2,3)51-35(49)43-16-22-14-23(32-42-20(18-52-32)7-5-13-50-31-26(40)12-11-25(38)30(31)41)28(27(17-43)45(22)34(47)48)33(46)44(21-9-10-21)15-19-6-4-8-24(37)29(19)39/h4,6,8,11-12,18,21-22,27H,5,7,9-10,13-17H2,1-3H3,(H,47,48)/t22?,27-/m1/s1. The van der Waals surface area contributed by atoms with Crippen molar-refractivity contribution in [1.82, 2.24) is 19.7 Å². The number of thiazole rings is 1. The summed E-state index contributed by atoms with van der Waals surface area (Å²) in [4.78, 5) is 50.3. The second-order valence-corrected chi connectivity index (χ2v) is 16.0. The number of carbonyl (C=O) groups excluding carboxylic acids is 2. The number of nitrogens with zero attached hydrogens (tertiary/aromatic N) is 4. The summed E-state index contributed by atoms with van der Waals surface area (Å²) in [7, 11) is 0. The third-order valence-electron chi connectivity index (χ3n) is 9.01. The van der Waals surface area contributed by atoms with Crippen molar-refractivity contribution in [3.63, 3.8) is 0 Å². The molecule has 1 aromatic heterocycles. The second kappa shape index (κ2) is 15.4. The van der Waals surface area contributed by atoms with Gasteiger partial charge in [0, 0.05) is 42.2 Å². The molecule has 2 bridgehead atoms. The second-order valence-electron chi connectivity index (χ2n) is 14.0. The van der Waals surface area contributed by atoms with Crippen LogP contribution < -0.4 is 4.74 Å². The van der Waals surface area contributed by atoms with E-state index in [1.54, 1.807) is 43.9 Å². The van der Waals surface area contributed by atoms with E-state index >= 15 is 0 Å². The predicted molar refractivity (Wildman–Crippen MR) is 194 cm³/mol. The van der Waals surface area contributed by atoms with Crippen molar-refractivity contribution in [3.05, 3.63) is 84.3 Å². The van der Waals surface area contributed by atoms with Crippen molar-refractivity contribution in [2.24, 2.45) is 0 Å². The first-order valence-corrected chi connectivity index (χ1v) is 18.8. The van der Waals surface area contributed by atoms with Gasteiger partial charge in [-0.1, -0.05) is 46.9 Å². The van der Waals surface area contributed by atoms with E-state index in [2.05, 4.69) is 0 Å². The fourth-order valence-corrected chi connectivity index (χ4v) is 7.99. The SMILES string of the molecule is CC(C)(C)OC(=O)N1CC2CC(c3nc(CCCOc4c(F)ccc(Cl)c4F)cs3)=C(C(=O)N(Cc3cccc(Cl)c3Cl)C3CC3)[C@@H](C1)N2C(=O)O. The molecule has 3 heterocycles. The lowest BCUT2D eigenvalue weighted by atomic mass is 9.84. The van der Waals surface area contributed by atoms with Crippen LogP contribution in [0.5, 0.6) is 5.75 Å². The van der Waals surface area contributed by atoms with E-state index in [1.807, 2.05) is 5.38 Å². The highest BCUT2D eigenvalue weighted by Gasteiger charge is 2.50. The normalized spacial score (nSPS) is 18.8. The molecular weight excluding hydrogens is 761 g/mol. The van der Waals surface area contributed by atoms with Crippen LogP contribution in [0.2, 0.25) is 15.1 Å². The Hall–Kier alpha value is -3.65. The first-order chi connectivity index (χ1) is 24.6. The molecule has 1 saturated heterocycles. The van der Waals surface area contributed by atoms with Gasteiger partial charge >= 0.3 is 12.2 Å². The average molecular weight is 798 g/mol. The van der Waals surface area contributed by atoms with Crippen LogP contribution in [0.4, 0.5) is 18.4 Å². The summed E-state index contributed by atoms with van der Waals surface area (Å²) in [5.74, 6) is -2.74. The molecule has 3 amide bonds. The van der Waals surface area contributed by atoms with Gasteiger partial charge in [0.15, 0.2) is 17.4 Å². The third-order valence-corrected chi connectivity index (χ3v) is 11.1. The molecule has 278 valence electrons. The van der Waals surface area contributed by atoms with E-state index < -0.39 is 47.3 Å². The van der Waals surface area contributed by atoms with Gasteiger partial charge in [0.1, 0.15) is 10.6 Å². The predicted octanol–water partition coefficient (Wildman–Crippen LogP) is 8.71. The van der Waals surface area contributed by atoms with E-state index in [4.69, 9.17) is 49.3 Å². The monoisotopic (exact) mass is 796 g/mol. The Kier molecular flexibility index (Phi) is 11.3. The number of hydrogen-bond donors (Lipinski definition) is 1. The number of fused-ring (bicyclic) bond motifs is 2. The largest absolute Gasteiger partial charge is 0.488 e. The molecule has 2 aromatic carbocycles. The summed E-state index contributed by atoms with van der Waals surface area (Å²) in [6.45, 7) is 5.37. The van der Waals surface area contributed by atoms with Crippen molar-refractivity contribution in [1.29, 1.82) is 0 Å². The highest BCUT2D eigenvalue weighted by atomic mass is 35.5. The van der Waals surface area contributed by atoms with Gasteiger partial charge in [-0.15, -0.1) is 11.3 Å². The first kappa shape index (κ1) is 38.1. The Morgan fingerprint density at radius 2 is 1.83 bits per heavy atom. The highest BCUT2D eigenvalue weighted by Crippen LogP contribution is 2.42. The lowest BCUT2D eigenvalue weighted by Crippen LogP contribution is -2.65. The molecule has 2 aliphatic heterocycles. The molecule has 3 aliphatic rings. The number of carboxylic acid groups (broad SMARTS) is 1. The van der Waals surface area contributed by atoms with Gasteiger partial charge in [0.05, 0.1) is 39.5 Å². The molecule has 16 heteroatoms. The number of aromatic nitrogens is 1. The smallest absolute Gasteiger partial charge is 0.410 e. The van der Waals surface area contributed by atoms with Gasteiger partial charge in [0.25, 0.3) is 5.91 Å². The minimum Gasteiger partial charge on any atom is -0.488 e. The van der Waals surface area contributed by atoms with Crippen LogP contribution in [0.1, 0.15) is 62.7 Å². The van der Waals surface area contributed by atoms with E-state index in [0.717, 1.165) is 25.0 Å². The summed E-state index contributed by atoms with van der Waals surface area (Å²) < 4.78 is 39.4. The van der Waals surface area contributed by atoms with Crippen LogP contribution >= 0.6 is 46.1 Å². The number of aryl methyl sites for hydroxylation is 1. The Morgan fingerprint density at radius 1 is 1.08 bits per heavy atom. The molecule has 1 aliphatic carbocycles. The molecule has 1 unspecified atom stereocenters. The zero-order chi connectivity index (χ0) is 37.5. The number of benzene rings is 2. The number of hydrogen-bond acceptors (Lipinski definition) is 7. The van der Waals surface area contributed by atoms with Crippen LogP contribution in [0.3, 0.4) is 0 Å². The summed E-state index contributed by atoms with van der Waals surface area (Å²) in [6.07, 6.45) is 0.632. The maximum absolute atomic E-state index is 14.9. The lowest BCUT2D eigenvalue weighted by molar-refractivity contribution is -0.129.